The van der Waals surface area contributed by atoms with E-state index in [4.69, 9.17) is 4.74 Å². The summed E-state index contributed by atoms with van der Waals surface area (Å²) in [5.41, 5.74) is 0.884. The summed E-state index contributed by atoms with van der Waals surface area (Å²) >= 11 is 3.40. The Hall–Kier alpha value is -1.69. The number of hydrogen-bond acceptors (Lipinski definition) is 4. The van der Waals surface area contributed by atoms with Crippen LogP contribution in [0.25, 0.3) is 11.4 Å². The molecule has 0 fully saturated rings. The van der Waals surface area contributed by atoms with Gasteiger partial charge in [-0.25, -0.2) is 14.5 Å². The Morgan fingerprint density at radius 3 is 2.94 bits per heavy atom. The van der Waals surface area contributed by atoms with Crippen molar-refractivity contribution in [3.8, 4) is 11.4 Å². The van der Waals surface area contributed by atoms with Gasteiger partial charge in [0.15, 0.2) is 5.82 Å². The highest BCUT2D eigenvalue weighted by Gasteiger charge is 2.16. The SMILES string of the molecule is CCOC(=O)c1nc(-c2cccc(Br)c2)n(C)n1. The lowest BCUT2D eigenvalue weighted by atomic mass is 10.2. The monoisotopic (exact) mass is 309 g/mol. The molecule has 0 saturated heterocycles. The predicted octanol–water partition coefficient (Wildman–Crippen LogP) is 2.42. The molecule has 0 bridgehead atoms. The van der Waals surface area contributed by atoms with E-state index in [0.717, 1.165) is 10.0 Å². The number of halogens is 1. The van der Waals surface area contributed by atoms with Crippen molar-refractivity contribution < 1.29 is 9.53 Å². The van der Waals surface area contributed by atoms with Crippen LogP contribution in [0.15, 0.2) is 28.7 Å². The van der Waals surface area contributed by atoms with Crippen molar-refractivity contribution in [3.05, 3.63) is 34.6 Å². The summed E-state index contributed by atoms with van der Waals surface area (Å²) < 4.78 is 7.38. The average molecular weight is 310 g/mol. The molecule has 0 N–H and O–H groups in total. The van der Waals surface area contributed by atoms with Crippen LogP contribution in [0.4, 0.5) is 0 Å². The van der Waals surface area contributed by atoms with Gasteiger partial charge in [-0.3, -0.25) is 0 Å². The third kappa shape index (κ3) is 2.59. The van der Waals surface area contributed by atoms with Crippen LogP contribution in [-0.4, -0.2) is 27.3 Å². The summed E-state index contributed by atoms with van der Waals surface area (Å²) in [7, 11) is 1.74. The molecule has 2 rings (SSSR count). The number of hydrogen-bond donors (Lipinski definition) is 0. The van der Waals surface area contributed by atoms with E-state index in [2.05, 4.69) is 26.0 Å². The van der Waals surface area contributed by atoms with Crippen LogP contribution in [0.3, 0.4) is 0 Å². The molecule has 0 aliphatic carbocycles. The Balaban J connectivity index is 2.38. The van der Waals surface area contributed by atoms with Gasteiger partial charge in [0.05, 0.1) is 6.61 Å². The highest BCUT2D eigenvalue weighted by molar-refractivity contribution is 9.10. The molecule has 2 aromatic rings. The second kappa shape index (κ2) is 5.30. The third-order valence-electron chi connectivity index (χ3n) is 2.30. The maximum Gasteiger partial charge on any atom is 0.378 e. The van der Waals surface area contributed by atoms with E-state index in [1.807, 2.05) is 24.3 Å². The van der Waals surface area contributed by atoms with Crippen molar-refractivity contribution >= 4 is 21.9 Å². The zero-order valence-corrected chi connectivity index (χ0v) is 11.6. The minimum atomic E-state index is -0.505. The first-order valence-corrected chi connectivity index (χ1v) is 6.25. The molecule has 6 heteroatoms. The molecule has 18 heavy (non-hydrogen) atoms. The van der Waals surface area contributed by atoms with Crippen molar-refractivity contribution in [2.75, 3.05) is 6.61 Å². The summed E-state index contributed by atoms with van der Waals surface area (Å²) in [6.45, 7) is 2.05. The maximum atomic E-state index is 11.5. The molecule has 1 heterocycles. The summed E-state index contributed by atoms with van der Waals surface area (Å²) in [5.74, 6) is 0.197. The first kappa shape index (κ1) is 12.8. The van der Waals surface area contributed by atoms with Crippen molar-refractivity contribution in [1.29, 1.82) is 0 Å². The van der Waals surface area contributed by atoms with Gasteiger partial charge >= 0.3 is 5.97 Å². The molecule has 94 valence electrons. The molecule has 0 saturated carbocycles. The number of aryl methyl sites for hydroxylation is 1. The van der Waals surface area contributed by atoms with Crippen LogP contribution in [0.2, 0.25) is 0 Å². The first-order chi connectivity index (χ1) is 8.61. The molecule has 0 amide bonds. The van der Waals surface area contributed by atoms with Gasteiger partial charge in [-0.1, -0.05) is 28.1 Å². The fourth-order valence-electron chi connectivity index (χ4n) is 1.55. The Labute approximate surface area is 113 Å². The molecular formula is C12H12BrN3O2. The molecule has 1 aromatic carbocycles. The van der Waals surface area contributed by atoms with Crippen molar-refractivity contribution in [1.82, 2.24) is 14.8 Å². The summed E-state index contributed by atoms with van der Waals surface area (Å²) in [6, 6.07) is 7.65. The predicted molar refractivity (Wildman–Crippen MR) is 70.1 cm³/mol. The van der Waals surface area contributed by atoms with E-state index in [1.165, 1.54) is 0 Å². The molecule has 0 radical (unpaired) electrons. The van der Waals surface area contributed by atoms with Crippen LogP contribution in [0.5, 0.6) is 0 Å². The van der Waals surface area contributed by atoms with Gasteiger partial charge in [0.1, 0.15) is 0 Å². The second-order valence-electron chi connectivity index (χ2n) is 3.61. The molecular weight excluding hydrogens is 298 g/mol. The number of benzene rings is 1. The summed E-state index contributed by atoms with van der Waals surface area (Å²) in [5, 5.41) is 4.05. The first-order valence-electron chi connectivity index (χ1n) is 5.46. The molecule has 0 unspecified atom stereocenters. The number of carbonyl (C=O) groups is 1. The van der Waals surface area contributed by atoms with Gasteiger partial charge in [0.25, 0.3) is 5.82 Å². The van der Waals surface area contributed by atoms with Gasteiger partial charge in [-0.15, -0.1) is 5.10 Å². The van der Waals surface area contributed by atoms with Crippen molar-refractivity contribution in [3.63, 3.8) is 0 Å². The highest BCUT2D eigenvalue weighted by atomic mass is 79.9. The molecule has 1 aromatic heterocycles. The van der Waals surface area contributed by atoms with Gasteiger partial charge in [0.2, 0.25) is 0 Å². The number of nitrogens with zero attached hydrogens (tertiary/aromatic N) is 3. The number of aromatic nitrogens is 3. The van der Waals surface area contributed by atoms with E-state index in [9.17, 15) is 4.79 Å². The minimum absolute atomic E-state index is 0.0781. The lowest BCUT2D eigenvalue weighted by Gasteiger charge is -1.99. The van der Waals surface area contributed by atoms with Crippen LogP contribution in [-0.2, 0) is 11.8 Å². The summed E-state index contributed by atoms with van der Waals surface area (Å²) in [4.78, 5) is 15.7. The second-order valence-corrected chi connectivity index (χ2v) is 4.53. The van der Waals surface area contributed by atoms with Crippen molar-refractivity contribution in [2.24, 2.45) is 7.05 Å². The average Bonchev–Trinajstić information content (AvgIpc) is 2.72. The molecule has 0 aliphatic rings. The Kier molecular flexibility index (Phi) is 3.76. The van der Waals surface area contributed by atoms with Crippen molar-refractivity contribution in [2.45, 2.75) is 6.92 Å². The molecule has 0 atom stereocenters. The third-order valence-corrected chi connectivity index (χ3v) is 2.80. The Morgan fingerprint density at radius 2 is 2.28 bits per heavy atom. The summed E-state index contributed by atoms with van der Waals surface area (Å²) in [6.07, 6.45) is 0. The smallest absolute Gasteiger partial charge is 0.378 e. The largest absolute Gasteiger partial charge is 0.460 e. The van der Waals surface area contributed by atoms with Gasteiger partial charge in [-0.05, 0) is 19.1 Å². The Bertz CT molecular complexity index is 580. The lowest BCUT2D eigenvalue weighted by Crippen LogP contribution is -2.07. The number of carbonyl (C=O) groups excluding carboxylic acids is 1. The number of rotatable bonds is 3. The fourth-order valence-corrected chi connectivity index (χ4v) is 1.94. The number of ether oxygens (including phenoxy) is 1. The Morgan fingerprint density at radius 1 is 1.50 bits per heavy atom. The van der Waals surface area contributed by atoms with E-state index in [0.29, 0.717) is 12.4 Å². The van der Waals surface area contributed by atoms with Gasteiger partial charge < -0.3 is 4.74 Å². The molecule has 0 aliphatic heterocycles. The van der Waals surface area contributed by atoms with E-state index >= 15 is 0 Å². The quantitative estimate of drug-likeness (QED) is 0.817. The highest BCUT2D eigenvalue weighted by Crippen LogP contribution is 2.21. The van der Waals surface area contributed by atoms with Gasteiger partial charge in [-0.2, -0.15) is 0 Å². The van der Waals surface area contributed by atoms with E-state index in [-0.39, 0.29) is 5.82 Å². The van der Waals surface area contributed by atoms with E-state index < -0.39 is 5.97 Å². The van der Waals surface area contributed by atoms with Crippen LogP contribution < -0.4 is 0 Å². The van der Waals surface area contributed by atoms with Crippen LogP contribution in [0.1, 0.15) is 17.5 Å². The van der Waals surface area contributed by atoms with Gasteiger partial charge in [0, 0.05) is 17.1 Å². The minimum Gasteiger partial charge on any atom is -0.460 e. The van der Waals surface area contributed by atoms with Crippen LogP contribution >= 0.6 is 15.9 Å². The fraction of sp³-hybridized carbons (Fsp3) is 0.250. The zero-order valence-electron chi connectivity index (χ0n) is 10.1. The number of esters is 1. The van der Waals surface area contributed by atoms with Crippen LogP contribution in [0, 0.1) is 0 Å². The normalized spacial score (nSPS) is 10.4. The zero-order chi connectivity index (χ0) is 13.1. The maximum absolute atomic E-state index is 11.5. The molecule has 0 spiro atoms. The standard InChI is InChI=1S/C12H12BrN3O2/c1-3-18-12(17)10-14-11(16(2)15-10)8-5-4-6-9(13)7-8/h4-7H,3H2,1-2H3. The van der Waals surface area contributed by atoms with E-state index in [1.54, 1.807) is 18.7 Å². The topological polar surface area (TPSA) is 57.0 Å². The lowest BCUT2D eigenvalue weighted by molar-refractivity contribution is 0.0512. The molecule has 5 nitrogen and oxygen atoms in total.